The summed E-state index contributed by atoms with van der Waals surface area (Å²) in [4.78, 5) is -0.686. The van der Waals surface area contributed by atoms with Crippen molar-refractivity contribution >= 4 is 21.6 Å². The average Bonchev–Trinajstić information content (AvgIpc) is 2.41. The lowest BCUT2D eigenvalue weighted by Gasteiger charge is -2.34. The van der Waals surface area contributed by atoms with Crippen molar-refractivity contribution in [1.82, 2.24) is 4.90 Å². The Hall–Kier alpha value is -0.750. The van der Waals surface area contributed by atoms with E-state index in [4.69, 9.17) is 15.1 Å². The molecule has 18 heavy (non-hydrogen) atoms. The minimum atomic E-state index is -4.92. The van der Waals surface area contributed by atoms with Gasteiger partial charge in [-0.2, -0.15) is 13.2 Å². The molecule has 0 atom stereocenters. The number of piperazine rings is 1. The molecule has 6 heteroatoms. The molecule has 2 nitrogen and oxygen atoms in total. The van der Waals surface area contributed by atoms with E-state index in [0.717, 1.165) is 6.07 Å². The molecule has 0 saturated carbocycles. The summed E-state index contributed by atoms with van der Waals surface area (Å²) in [5.41, 5.74) is -2.16. The van der Waals surface area contributed by atoms with Crippen LogP contribution in [0, 0.1) is 0 Å². The third-order valence-corrected chi connectivity index (χ3v) is 2.47. The monoisotopic (exact) mass is 333 g/mol. The Morgan fingerprint density at radius 2 is 1.89 bits per heavy atom. The molecule has 1 heterocycles. The fraction of sp³-hybridized carbons (Fsp3) is 0.500. The molecule has 0 bridgehead atoms. The third-order valence-electron chi connectivity index (χ3n) is 2.02. The molecule has 0 N–H and O–H groups in total. The van der Waals surface area contributed by atoms with Crippen molar-refractivity contribution in [1.29, 1.82) is 0 Å². The number of benzene rings is 1. The highest BCUT2D eigenvalue weighted by Gasteiger charge is 2.31. The van der Waals surface area contributed by atoms with E-state index in [-0.39, 0.29) is 9.37 Å². The Labute approximate surface area is 128 Å². The molecule has 0 aliphatic carbocycles. The Kier molecular flexibility index (Phi) is 1.51. The van der Waals surface area contributed by atoms with Gasteiger partial charge in [-0.15, -0.1) is 0 Å². The lowest BCUT2D eigenvalue weighted by molar-refractivity contribution is -0.137. The molecular formula is C12H14BrF3N2. The van der Waals surface area contributed by atoms with E-state index in [1.165, 1.54) is 0 Å². The van der Waals surface area contributed by atoms with Crippen LogP contribution >= 0.6 is 15.9 Å². The van der Waals surface area contributed by atoms with Crippen LogP contribution in [0.25, 0.3) is 0 Å². The average molecular weight is 334 g/mol. The van der Waals surface area contributed by atoms with Gasteiger partial charge in [0.05, 0.1) is 11.0 Å². The second-order valence-corrected chi connectivity index (χ2v) is 4.23. The number of rotatable bonds is 1. The van der Waals surface area contributed by atoms with Crippen LogP contribution in [0.2, 0.25) is 0 Å². The van der Waals surface area contributed by atoms with Gasteiger partial charge in [-0.05, 0) is 25.2 Å². The molecule has 0 radical (unpaired) electrons. The first-order valence-electron chi connectivity index (χ1n) is 10.1. The second kappa shape index (κ2) is 5.09. The number of hydrogen-bond acceptors (Lipinski definition) is 2. The standard InChI is InChI=1S/C12H14BrF3N2/c1-17-2-4-18(5-3-17)11-7-9(12(14,15)16)6-10(13)8-11/h6-8H,2-5H2,1H3/i1D3,2D2,3D2,4D2,5D2. The van der Waals surface area contributed by atoms with Gasteiger partial charge < -0.3 is 9.80 Å². The fourth-order valence-corrected chi connectivity index (χ4v) is 1.73. The summed E-state index contributed by atoms with van der Waals surface area (Å²) < 4.78 is 126. The molecule has 0 amide bonds. The van der Waals surface area contributed by atoms with Crippen molar-refractivity contribution < 1.29 is 28.2 Å². The summed E-state index contributed by atoms with van der Waals surface area (Å²) in [6.45, 7) is -18.1. The van der Waals surface area contributed by atoms with Crippen molar-refractivity contribution in [3.05, 3.63) is 28.2 Å². The van der Waals surface area contributed by atoms with Gasteiger partial charge >= 0.3 is 6.18 Å². The highest BCUT2D eigenvalue weighted by molar-refractivity contribution is 9.10. The predicted octanol–water partition coefficient (Wildman–Crippen LogP) is 3.22. The quantitative estimate of drug-likeness (QED) is 0.778. The number of halogens is 4. The highest BCUT2D eigenvalue weighted by Crippen LogP contribution is 2.34. The maximum atomic E-state index is 13.2. The van der Waals surface area contributed by atoms with E-state index in [2.05, 4.69) is 15.9 Å². The summed E-state index contributed by atoms with van der Waals surface area (Å²) in [6.07, 6.45) is -4.92. The number of anilines is 1. The van der Waals surface area contributed by atoms with Gasteiger partial charge in [0.15, 0.2) is 0 Å². The summed E-state index contributed by atoms with van der Waals surface area (Å²) >= 11 is 2.79. The third kappa shape index (κ3) is 3.17. The zero-order chi connectivity index (χ0) is 23.0. The first-order valence-corrected chi connectivity index (χ1v) is 5.37. The van der Waals surface area contributed by atoms with Gasteiger partial charge in [-0.3, -0.25) is 0 Å². The van der Waals surface area contributed by atoms with E-state index in [1.54, 1.807) is 0 Å². The minimum Gasteiger partial charge on any atom is -0.369 e. The summed E-state index contributed by atoms with van der Waals surface area (Å²) in [6, 6.07) is 1.80. The van der Waals surface area contributed by atoms with Crippen LogP contribution in [-0.2, 0) is 6.18 Å². The summed E-state index contributed by atoms with van der Waals surface area (Å²) in [7, 11) is 0. The molecular weight excluding hydrogens is 309 g/mol. The largest absolute Gasteiger partial charge is 0.416 e. The van der Waals surface area contributed by atoms with Crippen molar-refractivity contribution in [3.8, 4) is 0 Å². The molecule has 100 valence electrons. The zero-order valence-electron chi connectivity index (χ0n) is 19.6. The maximum Gasteiger partial charge on any atom is 0.416 e. The van der Waals surface area contributed by atoms with Gasteiger partial charge in [-0.25, -0.2) is 0 Å². The first kappa shape index (κ1) is 5.32. The van der Waals surface area contributed by atoms with Crippen LogP contribution in [0.5, 0.6) is 0 Å². The van der Waals surface area contributed by atoms with Crippen LogP contribution in [0.1, 0.15) is 20.6 Å². The van der Waals surface area contributed by atoms with Crippen molar-refractivity contribution in [2.45, 2.75) is 6.18 Å². The van der Waals surface area contributed by atoms with E-state index in [1.807, 2.05) is 0 Å². The molecule has 0 spiro atoms. The number of alkyl halides is 3. The molecule has 0 aromatic heterocycles. The van der Waals surface area contributed by atoms with E-state index < -0.39 is 55.3 Å². The SMILES string of the molecule is [2H]C([2H])([2H])N1C([2H])([2H])C([2H])([2H])N(c2cc(Br)cc(C(F)(F)F)c2)C([2H])([2H])C1([2H])[2H]. The molecule has 1 saturated heterocycles. The Morgan fingerprint density at radius 3 is 2.44 bits per heavy atom. The summed E-state index contributed by atoms with van der Waals surface area (Å²) in [5.74, 6) is 0. The molecule has 1 aromatic rings. The summed E-state index contributed by atoms with van der Waals surface area (Å²) in [5, 5.41) is 0. The Balaban J connectivity index is 2.85. The molecule has 2 rings (SSSR count). The molecule has 1 aliphatic rings. The maximum absolute atomic E-state index is 13.2. The molecule has 1 aliphatic heterocycles. The lowest BCUT2D eigenvalue weighted by atomic mass is 10.1. The molecule has 1 fully saturated rings. The van der Waals surface area contributed by atoms with Gasteiger partial charge in [0.2, 0.25) is 0 Å². The Morgan fingerprint density at radius 1 is 1.22 bits per heavy atom. The van der Waals surface area contributed by atoms with Gasteiger partial charge in [0, 0.05) is 45.7 Å². The highest BCUT2D eigenvalue weighted by atomic mass is 79.9. The van der Waals surface area contributed by atoms with Crippen molar-refractivity contribution in [2.24, 2.45) is 0 Å². The number of nitrogens with zero attached hydrogens (tertiary/aromatic N) is 2. The van der Waals surface area contributed by atoms with Crippen LogP contribution in [0.4, 0.5) is 18.9 Å². The van der Waals surface area contributed by atoms with Gasteiger partial charge in [-0.1, -0.05) is 15.9 Å². The van der Waals surface area contributed by atoms with Crippen LogP contribution in [-0.4, -0.2) is 37.9 Å². The van der Waals surface area contributed by atoms with Crippen LogP contribution in [0.3, 0.4) is 0 Å². The fourth-order valence-electron chi connectivity index (χ4n) is 1.25. The van der Waals surface area contributed by atoms with Crippen LogP contribution < -0.4 is 4.90 Å². The van der Waals surface area contributed by atoms with Crippen molar-refractivity contribution in [2.75, 3.05) is 37.9 Å². The van der Waals surface area contributed by atoms with Gasteiger partial charge in [0.1, 0.15) is 0 Å². The lowest BCUT2D eigenvalue weighted by Crippen LogP contribution is -2.44. The molecule has 1 aromatic carbocycles. The van der Waals surface area contributed by atoms with E-state index in [0.29, 0.717) is 12.1 Å². The topological polar surface area (TPSA) is 6.48 Å². The van der Waals surface area contributed by atoms with E-state index in [9.17, 15) is 13.2 Å². The Bertz CT molecular complexity index is 781. The van der Waals surface area contributed by atoms with Crippen molar-refractivity contribution in [3.63, 3.8) is 0 Å². The molecule has 0 unspecified atom stereocenters. The number of hydrogen-bond donors (Lipinski definition) is 0. The van der Waals surface area contributed by atoms with E-state index >= 15 is 0 Å². The smallest absolute Gasteiger partial charge is 0.369 e. The minimum absolute atomic E-state index is 0.137. The first-order chi connectivity index (χ1) is 12.6. The zero-order valence-corrected chi connectivity index (χ0v) is 10.2. The van der Waals surface area contributed by atoms with Crippen LogP contribution in [0.15, 0.2) is 22.7 Å². The second-order valence-electron chi connectivity index (χ2n) is 3.31. The predicted molar refractivity (Wildman–Crippen MR) is 68.9 cm³/mol. The number of likely N-dealkylation sites (N-methyl/N-ethyl adjacent to an activating group) is 1. The van der Waals surface area contributed by atoms with Gasteiger partial charge in [0.25, 0.3) is 0 Å². The normalized spacial score (nSPS) is 39.1.